The van der Waals surface area contributed by atoms with Crippen LogP contribution in [0.3, 0.4) is 0 Å². The number of benzene rings is 1. The van der Waals surface area contributed by atoms with Gasteiger partial charge in [-0.15, -0.1) is 0 Å². The molecular formula is C18H23ClN4O. The van der Waals surface area contributed by atoms with Gasteiger partial charge in [0, 0.05) is 24.2 Å². The zero-order chi connectivity index (χ0) is 17.3. The molecule has 6 heteroatoms. The highest BCUT2D eigenvalue weighted by Crippen LogP contribution is 2.33. The Bertz CT molecular complexity index is 744. The third-order valence-corrected chi connectivity index (χ3v) is 4.52. The van der Waals surface area contributed by atoms with Crippen molar-refractivity contribution in [2.75, 3.05) is 18.2 Å². The molecule has 1 aliphatic carbocycles. The van der Waals surface area contributed by atoms with Gasteiger partial charge in [-0.05, 0) is 42.0 Å². The second-order valence-electron chi connectivity index (χ2n) is 6.54. The lowest BCUT2D eigenvalue weighted by molar-refractivity contribution is 0.414. The largest absolute Gasteiger partial charge is 0.495 e. The monoisotopic (exact) mass is 346 g/mol. The van der Waals surface area contributed by atoms with E-state index < -0.39 is 0 Å². The fourth-order valence-corrected chi connectivity index (χ4v) is 2.96. The van der Waals surface area contributed by atoms with E-state index >= 15 is 0 Å². The highest BCUT2D eigenvalue weighted by molar-refractivity contribution is 6.32. The molecule has 1 fully saturated rings. The van der Waals surface area contributed by atoms with Gasteiger partial charge in [0.15, 0.2) is 0 Å². The van der Waals surface area contributed by atoms with Crippen molar-refractivity contribution in [3.05, 3.63) is 40.0 Å². The van der Waals surface area contributed by atoms with Gasteiger partial charge < -0.3 is 15.8 Å². The van der Waals surface area contributed by atoms with E-state index in [2.05, 4.69) is 29.1 Å². The number of nitrogens with two attached hydrogens (primary N) is 1. The summed E-state index contributed by atoms with van der Waals surface area (Å²) in [5.41, 5.74) is 9.35. The van der Waals surface area contributed by atoms with Gasteiger partial charge in [0.05, 0.1) is 12.1 Å². The molecule has 5 nitrogen and oxygen atoms in total. The second-order valence-corrected chi connectivity index (χ2v) is 6.95. The van der Waals surface area contributed by atoms with Gasteiger partial charge in [0.25, 0.3) is 0 Å². The molecule has 0 amide bonds. The van der Waals surface area contributed by atoms with E-state index in [-0.39, 0.29) is 0 Å². The van der Waals surface area contributed by atoms with Crippen LogP contribution in [0, 0.1) is 0 Å². The lowest BCUT2D eigenvalue weighted by Gasteiger charge is -2.16. The fourth-order valence-electron chi connectivity index (χ4n) is 2.70. The molecule has 128 valence electrons. The molecule has 0 spiro atoms. The Morgan fingerprint density at radius 1 is 1.33 bits per heavy atom. The predicted octanol–water partition coefficient (Wildman–Crippen LogP) is 4.01. The number of nitrogens with zero attached hydrogens (tertiary/aromatic N) is 2. The number of anilines is 2. The van der Waals surface area contributed by atoms with Gasteiger partial charge >= 0.3 is 0 Å². The quantitative estimate of drug-likeness (QED) is 0.826. The van der Waals surface area contributed by atoms with Gasteiger partial charge in [-0.3, -0.25) is 0 Å². The highest BCUT2D eigenvalue weighted by atomic mass is 35.5. The van der Waals surface area contributed by atoms with E-state index in [1.54, 1.807) is 13.3 Å². The van der Waals surface area contributed by atoms with Crippen LogP contribution in [0.15, 0.2) is 18.3 Å². The molecule has 1 saturated carbocycles. The number of nitrogens with one attached hydrogen (secondary N) is 1. The highest BCUT2D eigenvalue weighted by Gasteiger charge is 2.22. The summed E-state index contributed by atoms with van der Waals surface area (Å²) in [4.78, 5) is 8.76. The standard InChI is InChI=1S/C18H23ClN4O/c1-10(2)14-8-16(24-3)15(19)7-11(14)6-12-9-21-18(23-17(12)20)22-13-4-5-13/h7-10,13H,4-6H2,1-3H3,(H3,20,21,22,23). The maximum Gasteiger partial charge on any atom is 0.224 e. The van der Waals surface area contributed by atoms with Crippen LogP contribution in [0.5, 0.6) is 5.75 Å². The van der Waals surface area contributed by atoms with Crippen molar-refractivity contribution < 1.29 is 4.74 Å². The predicted molar refractivity (Wildman–Crippen MR) is 98.0 cm³/mol. The summed E-state index contributed by atoms with van der Waals surface area (Å²) in [5, 5.41) is 3.86. The first-order valence-corrected chi connectivity index (χ1v) is 8.60. The lowest BCUT2D eigenvalue weighted by Crippen LogP contribution is -2.09. The topological polar surface area (TPSA) is 73.1 Å². The van der Waals surface area contributed by atoms with Crippen molar-refractivity contribution in [3.8, 4) is 5.75 Å². The molecule has 3 rings (SSSR count). The number of methoxy groups -OCH3 is 1. The Balaban J connectivity index is 1.88. The first kappa shape index (κ1) is 16.8. The number of halogens is 1. The average molecular weight is 347 g/mol. The summed E-state index contributed by atoms with van der Waals surface area (Å²) >= 11 is 6.30. The summed E-state index contributed by atoms with van der Waals surface area (Å²) in [6.45, 7) is 4.30. The van der Waals surface area contributed by atoms with E-state index in [9.17, 15) is 0 Å². The maximum absolute atomic E-state index is 6.30. The third-order valence-electron chi connectivity index (χ3n) is 4.23. The van der Waals surface area contributed by atoms with Crippen LogP contribution in [-0.2, 0) is 6.42 Å². The SMILES string of the molecule is COc1cc(C(C)C)c(Cc2cnc(NC3CC3)nc2N)cc1Cl. The Morgan fingerprint density at radius 2 is 2.08 bits per heavy atom. The molecule has 0 unspecified atom stereocenters. The molecule has 24 heavy (non-hydrogen) atoms. The Morgan fingerprint density at radius 3 is 2.67 bits per heavy atom. The van der Waals surface area contributed by atoms with E-state index in [1.165, 1.54) is 18.4 Å². The number of ether oxygens (including phenoxy) is 1. The normalized spacial score (nSPS) is 14.0. The molecule has 3 N–H and O–H groups in total. The number of aromatic nitrogens is 2. The summed E-state index contributed by atoms with van der Waals surface area (Å²) < 4.78 is 5.33. The molecule has 1 aliphatic rings. The van der Waals surface area contributed by atoms with Gasteiger partial charge in [-0.1, -0.05) is 25.4 Å². The van der Waals surface area contributed by atoms with Crippen molar-refractivity contribution in [1.29, 1.82) is 0 Å². The molecule has 0 radical (unpaired) electrons. The summed E-state index contributed by atoms with van der Waals surface area (Å²) in [7, 11) is 1.63. The van der Waals surface area contributed by atoms with Crippen molar-refractivity contribution >= 4 is 23.4 Å². The smallest absolute Gasteiger partial charge is 0.224 e. The fraction of sp³-hybridized carbons (Fsp3) is 0.444. The van der Waals surface area contributed by atoms with Crippen molar-refractivity contribution in [2.24, 2.45) is 0 Å². The van der Waals surface area contributed by atoms with Crippen LogP contribution in [0.25, 0.3) is 0 Å². The molecule has 0 aliphatic heterocycles. The Labute approximate surface area is 147 Å². The van der Waals surface area contributed by atoms with E-state index in [4.69, 9.17) is 22.1 Å². The molecule has 0 saturated heterocycles. The minimum atomic E-state index is 0.351. The Kier molecular flexibility index (Phi) is 4.81. The summed E-state index contributed by atoms with van der Waals surface area (Å²) in [6.07, 6.45) is 4.79. The van der Waals surface area contributed by atoms with Crippen LogP contribution >= 0.6 is 11.6 Å². The summed E-state index contributed by atoms with van der Waals surface area (Å²) in [6, 6.07) is 4.46. The van der Waals surface area contributed by atoms with Crippen LogP contribution in [0.2, 0.25) is 5.02 Å². The molecule has 0 atom stereocenters. The number of rotatable bonds is 6. The minimum absolute atomic E-state index is 0.351. The minimum Gasteiger partial charge on any atom is -0.495 e. The van der Waals surface area contributed by atoms with Gasteiger partial charge in [-0.25, -0.2) is 4.98 Å². The zero-order valence-corrected chi connectivity index (χ0v) is 15.0. The molecule has 2 aromatic rings. The number of hydrogen-bond donors (Lipinski definition) is 2. The van der Waals surface area contributed by atoms with E-state index in [1.807, 2.05) is 12.1 Å². The molecule has 1 aromatic carbocycles. The van der Waals surface area contributed by atoms with Gasteiger partial charge in [-0.2, -0.15) is 4.98 Å². The van der Waals surface area contributed by atoms with Crippen LogP contribution < -0.4 is 15.8 Å². The third kappa shape index (κ3) is 3.73. The molecule has 1 aromatic heterocycles. The average Bonchev–Trinajstić information content (AvgIpc) is 3.34. The van der Waals surface area contributed by atoms with Crippen LogP contribution in [0.1, 0.15) is 49.3 Å². The van der Waals surface area contributed by atoms with Crippen LogP contribution in [0.4, 0.5) is 11.8 Å². The zero-order valence-electron chi connectivity index (χ0n) is 14.3. The number of hydrogen-bond acceptors (Lipinski definition) is 5. The van der Waals surface area contributed by atoms with Crippen LogP contribution in [-0.4, -0.2) is 23.1 Å². The summed E-state index contributed by atoms with van der Waals surface area (Å²) in [5.74, 6) is 2.16. The maximum atomic E-state index is 6.30. The van der Waals surface area contributed by atoms with Crippen molar-refractivity contribution in [1.82, 2.24) is 9.97 Å². The van der Waals surface area contributed by atoms with Crippen molar-refractivity contribution in [3.63, 3.8) is 0 Å². The molecule has 1 heterocycles. The van der Waals surface area contributed by atoms with Gasteiger partial charge in [0.2, 0.25) is 5.95 Å². The number of nitrogen functional groups attached to an aromatic ring is 1. The first-order chi connectivity index (χ1) is 11.5. The van der Waals surface area contributed by atoms with E-state index in [0.29, 0.717) is 40.9 Å². The first-order valence-electron chi connectivity index (χ1n) is 8.22. The molecule has 0 bridgehead atoms. The Hall–Kier alpha value is -2.01. The van der Waals surface area contributed by atoms with Gasteiger partial charge in [0.1, 0.15) is 11.6 Å². The van der Waals surface area contributed by atoms with Crippen molar-refractivity contribution in [2.45, 2.75) is 45.1 Å². The van der Waals surface area contributed by atoms with E-state index in [0.717, 1.165) is 11.1 Å². The second kappa shape index (κ2) is 6.85. The lowest BCUT2D eigenvalue weighted by atomic mass is 9.93. The molecular weight excluding hydrogens is 324 g/mol.